The summed E-state index contributed by atoms with van der Waals surface area (Å²) in [4.78, 5) is 46.2. The lowest BCUT2D eigenvalue weighted by Crippen LogP contribution is -2.45. The lowest BCUT2D eigenvalue weighted by atomic mass is 9.93. The van der Waals surface area contributed by atoms with Crippen molar-refractivity contribution in [1.29, 1.82) is 0 Å². The number of aromatic hydroxyl groups is 2. The summed E-state index contributed by atoms with van der Waals surface area (Å²) in [5.41, 5.74) is 1.06. The van der Waals surface area contributed by atoms with Crippen LogP contribution in [-0.2, 0) is 4.79 Å². The van der Waals surface area contributed by atoms with Crippen molar-refractivity contribution in [1.82, 2.24) is 20.6 Å². The van der Waals surface area contributed by atoms with Crippen molar-refractivity contribution in [3.63, 3.8) is 0 Å². The molecule has 4 aromatic rings. The number of pyridine rings is 1. The molecule has 9 heteroatoms. The van der Waals surface area contributed by atoms with Gasteiger partial charge >= 0.3 is 0 Å². The zero-order valence-corrected chi connectivity index (χ0v) is 21.4. The molecule has 196 valence electrons. The van der Waals surface area contributed by atoms with Gasteiger partial charge in [-0.3, -0.25) is 24.4 Å². The van der Waals surface area contributed by atoms with Crippen molar-refractivity contribution < 1.29 is 24.6 Å². The minimum absolute atomic E-state index is 0.0724. The molecule has 0 spiro atoms. The Morgan fingerprint density at radius 3 is 2.21 bits per heavy atom. The summed E-state index contributed by atoms with van der Waals surface area (Å²) in [7, 11) is 0. The zero-order valence-electron chi connectivity index (χ0n) is 21.4. The van der Waals surface area contributed by atoms with Crippen LogP contribution in [0.15, 0.2) is 66.9 Å². The Bertz CT molecular complexity index is 1480. The number of nitrogens with zero attached hydrogens (tertiary/aromatic N) is 1. The van der Waals surface area contributed by atoms with E-state index in [1.807, 2.05) is 42.5 Å². The minimum Gasteiger partial charge on any atom is -0.494 e. The second-order valence-corrected chi connectivity index (χ2v) is 9.53. The van der Waals surface area contributed by atoms with Crippen LogP contribution in [0.2, 0.25) is 0 Å². The molecule has 0 saturated carbocycles. The number of hydrogen-bond donors (Lipinski definition) is 5. The summed E-state index contributed by atoms with van der Waals surface area (Å²) in [6.45, 7) is 5.03. The third-order valence-corrected chi connectivity index (χ3v) is 6.48. The Morgan fingerprint density at radius 1 is 0.921 bits per heavy atom. The van der Waals surface area contributed by atoms with E-state index in [1.165, 1.54) is 6.92 Å². The molecule has 2 heterocycles. The summed E-state index contributed by atoms with van der Waals surface area (Å²) >= 11 is 0. The van der Waals surface area contributed by atoms with Crippen molar-refractivity contribution in [2.24, 2.45) is 5.92 Å². The van der Waals surface area contributed by atoms with Crippen LogP contribution in [0.4, 0.5) is 0 Å². The molecule has 0 radical (unpaired) electrons. The Labute approximate surface area is 219 Å². The first-order valence-electron chi connectivity index (χ1n) is 12.3. The fourth-order valence-electron chi connectivity index (χ4n) is 4.35. The predicted molar refractivity (Wildman–Crippen MR) is 143 cm³/mol. The van der Waals surface area contributed by atoms with Crippen molar-refractivity contribution in [2.75, 3.05) is 0 Å². The zero-order chi connectivity index (χ0) is 27.4. The molecule has 2 amide bonds. The van der Waals surface area contributed by atoms with Gasteiger partial charge < -0.3 is 20.8 Å². The van der Waals surface area contributed by atoms with Gasteiger partial charge in [0, 0.05) is 17.1 Å². The first-order valence-corrected chi connectivity index (χ1v) is 12.3. The maximum Gasteiger partial charge on any atom is 0.270 e. The summed E-state index contributed by atoms with van der Waals surface area (Å²) < 4.78 is 0. The molecule has 4 rings (SSSR count). The van der Waals surface area contributed by atoms with E-state index in [0.717, 1.165) is 10.8 Å². The number of hydrogen-bond acceptors (Lipinski definition) is 6. The van der Waals surface area contributed by atoms with Gasteiger partial charge in [0.1, 0.15) is 5.69 Å². The number of amides is 2. The molecule has 0 saturated heterocycles. The van der Waals surface area contributed by atoms with E-state index in [0.29, 0.717) is 5.56 Å². The van der Waals surface area contributed by atoms with Crippen LogP contribution in [0.3, 0.4) is 0 Å². The maximum atomic E-state index is 13.2. The van der Waals surface area contributed by atoms with Gasteiger partial charge in [0.25, 0.3) is 5.91 Å². The number of nitrogens with one attached hydrogen (secondary N) is 3. The van der Waals surface area contributed by atoms with Crippen LogP contribution >= 0.6 is 0 Å². The van der Waals surface area contributed by atoms with E-state index in [9.17, 15) is 24.6 Å². The maximum absolute atomic E-state index is 13.2. The number of rotatable bonds is 9. The first kappa shape index (κ1) is 26.4. The van der Waals surface area contributed by atoms with E-state index < -0.39 is 35.6 Å². The van der Waals surface area contributed by atoms with Crippen LogP contribution < -0.4 is 10.6 Å². The summed E-state index contributed by atoms with van der Waals surface area (Å²) in [5.74, 6) is -2.50. The van der Waals surface area contributed by atoms with Crippen LogP contribution in [0.1, 0.15) is 58.3 Å². The van der Waals surface area contributed by atoms with Crippen molar-refractivity contribution in [2.45, 2.75) is 39.3 Å². The van der Waals surface area contributed by atoms with Gasteiger partial charge in [0.05, 0.1) is 24.1 Å². The van der Waals surface area contributed by atoms with Crippen LogP contribution in [0.25, 0.3) is 10.8 Å². The van der Waals surface area contributed by atoms with Gasteiger partial charge in [-0.25, -0.2) is 0 Å². The van der Waals surface area contributed by atoms with Gasteiger partial charge in [0.2, 0.25) is 11.8 Å². The number of benzene rings is 2. The molecule has 9 nitrogen and oxygen atoms in total. The molecule has 2 aromatic heterocycles. The highest BCUT2D eigenvalue weighted by Gasteiger charge is 2.31. The molecule has 0 aliphatic carbocycles. The van der Waals surface area contributed by atoms with Crippen LogP contribution in [-0.4, -0.2) is 43.8 Å². The second-order valence-electron chi connectivity index (χ2n) is 9.53. The van der Waals surface area contributed by atoms with Crippen LogP contribution in [0, 0.1) is 12.8 Å². The lowest BCUT2D eigenvalue weighted by Gasteiger charge is -2.24. The van der Waals surface area contributed by atoms with Crippen molar-refractivity contribution in [3.05, 3.63) is 89.2 Å². The van der Waals surface area contributed by atoms with Crippen molar-refractivity contribution in [3.8, 4) is 11.8 Å². The van der Waals surface area contributed by atoms with E-state index in [1.54, 1.807) is 38.2 Å². The molecule has 0 aliphatic heterocycles. The van der Waals surface area contributed by atoms with E-state index >= 15 is 0 Å². The summed E-state index contributed by atoms with van der Waals surface area (Å²) in [6, 6.07) is 16.7. The van der Waals surface area contributed by atoms with E-state index in [4.69, 9.17) is 0 Å². The van der Waals surface area contributed by atoms with Gasteiger partial charge in [-0.2, -0.15) is 0 Å². The predicted octanol–water partition coefficient (Wildman–Crippen LogP) is 4.17. The molecule has 0 aliphatic rings. The lowest BCUT2D eigenvalue weighted by molar-refractivity contribution is -0.122. The third kappa shape index (κ3) is 5.67. The van der Waals surface area contributed by atoms with Crippen molar-refractivity contribution >= 4 is 28.4 Å². The quantitative estimate of drug-likeness (QED) is 0.212. The Morgan fingerprint density at radius 2 is 1.58 bits per heavy atom. The Balaban J connectivity index is 1.54. The monoisotopic (exact) mass is 514 g/mol. The van der Waals surface area contributed by atoms with Gasteiger partial charge in [-0.05, 0) is 29.9 Å². The number of fused-ring (bicyclic) bond motifs is 1. The third-order valence-electron chi connectivity index (χ3n) is 6.48. The molecule has 38 heavy (non-hydrogen) atoms. The molecular formula is C29H30N4O5. The number of carbonyl (C=O) groups excluding carboxylic acids is 3. The molecule has 0 fully saturated rings. The van der Waals surface area contributed by atoms with Gasteiger partial charge in [-0.15, -0.1) is 0 Å². The van der Waals surface area contributed by atoms with Gasteiger partial charge in [0.15, 0.2) is 11.7 Å². The fraction of sp³-hybridized carbons (Fsp3) is 0.241. The fourth-order valence-corrected chi connectivity index (χ4v) is 4.35. The largest absolute Gasteiger partial charge is 0.494 e. The highest BCUT2D eigenvalue weighted by molar-refractivity contribution is 6.05. The van der Waals surface area contributed by atoms with Crippen LogP contribution in [0.5, 0.6) is 11.8 Å². The number of carbonyl (C=O) groups is 3. The highest BCUT2D eigenvalue weighted by Crippen LogP contribution is 2.30. The topological polar surface area (TPSA) is 144 Å². The summed E-state index contributed by atoms with van der Waals surface area (Å²) in [5, 5.41) is 27.4. The first-order chi connectivity index (χ1) is 18.2. The Kier molecular flexibility index (Phi) is 7.76. The molecule has 5 N–H and O–H groups in total. The molecule has 2 aromatic carbocycles. The average Bonchev–Trinajstić information content (AvgIpc) is 3.17. The second kappa shape index (κ2) is 11.2. The number of aromatic amines is 1. The molecular weight excluding hydrogens is 484 g/mol. The van der Waals surface area contributed by atoms with E-state index in [-0.39, 0.29) is 35.0 Å². The standard InChI is InChI=1S/C29H30N4O5/c1-16(2)25(26(35)24-17(3)27(36)33-29(24)38)32-23(34)14-21(18-9-5-4-6-10-18)31-28(37)22-13-19-11-7-8-12-20(19)15-30-22/h4-13,15-16,21,25,33,36,38H,14H2,1-3H3,(H,31,37)(H,32,34)/t21-,25-/m0/s1. The SMILES string of the molecule is Cc1c(O)[nH]c(O)c1C(=O)[C@@H](NC(=O)C[C@H](NC(=O)c1cc2ccccc2cn1)c1ccccc1)C(C)C. The average molecular weight is 515 g/mol. The van der Waals surface area contributed by atoms with E-state index in [2.05, 4.69) is 20.6 Å². The minimum atomic E-state index is -0.962. The normalized spacial score (nSPS) is 12.7. The molecule has 2 atom stereocenters. The number of ketones is 1. The van der Waals surface area contributed by atoms with Gasteiger partial charge in [-0.1, -0.05) is 68.4 Å². The molecule has 0 unspecified atom stereocenters. The smallest absolute Gasteiger partial charge is 0.270 e. The number of aromatic nitrogens is 2. The number of Topliss-reactive ketones (excluding diaryl/α,β-unsaturated/α-hetero) is 1. The highest BCUT2D eigenvalue weighted by atomic mass is 16.3. The Hall–Kier alpha value is -4.66. The molecule has 0 bridgehead atoms. The number of H-pyrrole nitrogens is 1. The summed E-state index contributed by atoms with van der Waals surface area (Å²) in [6.07, 6.45) is 1.49.